The molecule has 1 heterocycles. The van der Waals surface area contributed by atoms with Crippen LogP contribution in [0.5, 0.6) is 0 Å². The highest BCUT2D eigenvalue weighted by atomic mass is 32.2. The summed E-state index contributed by atoms with van der Waals surface area (Å²) < 4.78 is 32.8. The summed E-state index contributed by atoms with van der Waals surface area (Å²) in [5, 5.41) is 2.84. The van der Waals surface area contributed by atoms with E-state index in [0.717, 1.165) is 43.1 Å². The van der Waals surface area contributed by atoms with E-state index in [2.05, 4.69) is 14.9 Å². The highest BCUT2D eigenvalue weighted by Gasteiger charge is 2.17. The molecule has 0 saturated carbocycles. The number of benzene rings is 2. The molecule has 162 valence electrons. The molecule has 0 spiro atoms. The quantitative estimate of drug-likeness (QED) is 0.669. The molecular formula is C22H29N3O4S. The number of nitrogens with one attached hydrogen (secondary N) is 2. The highest BCUT2D eigenvalue weighted by molar-refractivity contribution is 7.89. The fourth-order valence-corrected chi connectivity index (χ4v) is 4.67. The van der Waals surface area contributed by atoms with Gasteiger partial charge in [0.25, 0.3) is 0 Å². The molecule has 8 heteroatoms. The molecule has 1 fully saturated rings. The Morgan fingerprint density at radius 1 is 1.07 bits per heavy atom. The normalized spacial score (nSPS) is 14.5. The molecule has 1 aliphatic heterocycles. The number of carbonyl (C=O) groups excluding carboxylic acids is 1. The van der Waals surface area contributed by atoms with Crippen LogP contribution in [0.2, 0.25) is 0 Å². The molecule has 1 saturated heterocycles. The summed E-state index contributed by atoms with van der Waals surface area (Å²) in [6.07, 6.45) is 0.0793. The zero-order chi connectivity index (χ0) is 21.6. The van der Waals surface area contributed by atoms with Crippen LogP contribution in [0, 0.1) is 13.8 Å². The minimum Gasteiger partial charge on any atom is -0.378 e. The average molecular weight is 432 g/mol. The third-order valence-electron chi connectivity index (χ3n) is 5.08. The smallest absolute Gasteiger partial charge is 0.240 e. The number of aryl methyl sites for hydroxylation is 2. The number of amides is 1. The molecule has 0 bridgehead atoms. The highest BCUT2D eigenvalue weighted by Crippen LogP contribution is 2.17. The van der Waals surface area contributed by atoms with Crippen LogP contribution in [-0.4, -0.2) is 47.2 Å². The van der Waals surface area contributed by atoms with Crippen LogP contribution in [-0.2, 0) is 26.1 Å². The Morgan fingerprint density at radius 2 is 1.77 bits per heavy atom. The zero-order valence-electron chi connectivity index (χ0n) is 17.5. The molecule has 0 aliphatic carbocycles. The lowest BCUT2D eigenvalue weighted by Crippen LogP contribution is -2.36. The lowest BCUT2D eigenvalue weighted by Gasteiger charge is -2.28. The van der Waals surface area contributed by atoms with Crippen molar-refractivity contribution in [1.82, 2.24) is 10.0 Å². The van der Waals surface area contributed by atoms with Crippen LogP contribution in [0.3, 0.4) is 0 Å². The van der Waals surface area contributed by atoms with E-state index in [4.69, 9.17) is 4.74 Å². The fraction of sp³-hybridized carbons (Fsp3) is 0.409. The van der Waals surface area contributed by atoms with Gasteiger partial charge in [0.1, 0.15) is 0 Å². The van der Waals surface area contributed by atoms with Crippen molar-refractivity contribution in [2.75, 3.05) is 37.7 Å². The van der Waals surface area contributed by atoms with Gasteiger partial charge in [-0.15, -0.1) is 0 Å². The van der Waals surface area contributed by atoms with Gasteiger partial charge in [-0.3, -0.25) is 4.79 Å². The molecule has 0 aromatic heterocycles. The first-order valence-electron chi connectivity index (χ1n) is 10.1. The van der Waals surface area contributed by atoms with E-state index < -0.39 is 10.0 Å². The molecule has 0 radical (unpaired) electrons. The summed E-state index contributed by atoms with van der Waals surface area (Å²) in [5.74, 6) is -0.198. The van der Waals surface area contributed by atoms with Gasteiger partial charge < -0.3 is 15.0 Å². The number of hydrogen-bond donors (Lipinski definition) is 2. The van der Waals surface area contributed by atoms with Crippen molar-refractivity contribution in [2.24, 2.45) is 0 Å². The Labute approximate surface area is 178 Å². The first-order chi connectivity index (χ1) is 14.3. The van der Waals surface area contributed by atoms with Crippen molar-refractivity contribution in [2.45, 2.75) is 31.7 Å². The number of sulfonamides is 1. The third kappa shape index (κ3) is 6.04. The number of rotatable bonds is 8. The molecule has 30 heavy (non-hydrogen) atoms. The summed E-state index contributed by atoms with van der Waals surface area (Å²) >= 11 is 0. The maximum absolute atomic E-state index is 12.5. The fourth-order valence-electron chi connectivity index (χ4n) is 3.31. The number of carbonyl (C=O) groups is 1. The van der Waals surface area contributed by atoms with Crippen LogP contribution in [0.25, 0.3) is 0 Å². The molecule has 2 aromatic rings. The van der Waals surface area contributed by atoms with E-state index in [-0.39, 0.29) is 23.8 Å². The van der Waals surface area contributed by atoms with Crippen LogP contribution in [0.1, 0.15) is 23.1 Å². The van der Waals surface area contributed by atoms with Gasteiger partial charge in [0.05, 0.1) is 18.1 Å². The Kier molecular flexibility index (Phi) is 7.47. The molecule has 3 rings (SSSR count). The summed E-state index contributed by atoms with van der Waals surface area (Å²) in [5.41, 5.74) is 3.70. The van der Waals surface area contributed by atoms with E-state index in [1.165, 1.54) is 0 Å². The summed E-state index contributed by atoms with van der Waals surface area (Å²) in [6, 6.07) is 13.4. The van der Waals surface area contributed by atoms with Gasteiger partial charge >= 0.3 is 0 Å². The lowest BCUT2D eigenvalue weighted by molar-refractivity contribution is -0.121. The van der Waals surface area contributed by atoms with Gasteiger partial charge in [-0.25, -0.2) is 13.1 Å². The van der Waals surface area contributed by atoms with Crippen LogP contribution in [0.4, 0.5) is 5.69 Å². The molecule has 2 aromatic carbocycles. The van der Waals surface area contributed by atoms with Crippen molar-refractivity contribution in [3.05, 3.63) is 59.2 Å². The van der Waals surface area contributed by atoms with Crippen molar-refractivity contribution in [1.29, 1.82) is 0 Å². The number of nitrogens with zero attached hydrogens (tertiary/aromatic N) is 1. The van der Waals surface area contributed by atoms with Gasteiger partial charge in [-0.2, -0.15) is 0 Å². The predicted octanol–water partition coefficient (Wildman–Crippen LogP) is 2.12. The second-order valence-corrected chi connectivity index (χ2v) is 9.19. The first-order valence-corrected chi connectivity index (χ1v) is 11.6. The van der Waals surface area contributed by atoms with E-state index in [1.807, 2.05) is 37.3 Å². The number of anilines is 1. The average Bonchev–Trinajstić information content (AvgIpc) is 2.75. The lowest BCUT2D eigenvalue weighted by atomic mass is 10.2. The van der Waals surface area contributed by atoms with Gasteiger partial charge in [0.2, 0.25) is 15.9 Å². The van der Waals surface area contributed by atoms with Gasteiger partial charge in [-0.05, 0) is 48.7 Å². The first kappa shape index (κ1) is 22.3. The molecule has 0 unspecified atom stereocenters. The van der Waals surface area contributed by atoms with Crippen molar-refractivity contribution in [3.63, 3.8) is 0 Å². The molecular weight excluding hydrogens is 402 g/mol. The molecule has 0 atom stereocenters. The Balaban J connectivity index is 1.44. The van der Waals surface area contributed by atoms with Crippen LogP contribution < -0.4 is 14.9 Å². The van der Waals surface area contributed by atoms with Crippen molar-refractivity contribution < 1.29 is 17.9 Å². The molecule has 7 nitrogen and oxygen atoms in total. The zero-order valence-corrected chi connectivity index (χ0v) is 18.3. The van der Waals surface area contributed by atoms with E-state index in [0.29, 0.717) is 12.1 Å². The van der Waals surface area contributed by atoms with Gasteiger partial charge in [0, 0.05) is 38.3 Å². The standard InChI is InChI=1S/C22H29N3O4S/c1-17-3-4-18(2)21(15-17)30(27,28)24-10-9-22(26)23-16-19-5-7-20(8-6-19)25-11-13-29-14-12-25/h3-8,15,24H,9-14,16H2,1-2H3,(H,23,26). The summed E-state index contributed by atoms with van der Waals surface area (Å²) in [4.78, 5) is 14.6. The maximum Gasteiger partial charge on any atom is 0.240 e. The van der Waals surface area contributed by atoms with Gasteiger partial charge in [0.15, 0.2) is 0 Å². The van der Waals surface area contributed by atoms with E-state index >= 15 is 0 Å². The van der Waals surface area contributed by atoms with E-state index in [9.17, 15) is 13.2 Å². The second-order valence-electron chi connectivity index (χ2n) is 7.46. The van der Waals surface area contributed by atoms with E-state index in [1.54, 1.807) is 19.1 Å². The Hall–Kier alpha value is -2.42. The summed E-state index contributed by atoms with van der Waals surface area (Å²) in [6.45, 7) is 7.31. The SMILES string of the molecule is Cc1ccc(C)c(S(=O)(=O)NCCC(=O)NCc2ccc(N3CCOCC3)cc2)c1. The number of hydrogen-bond acceptors (Lipinski definition) is 5. The molecule has 1 amide bonds. The minimum atomic E-state index is -3.64. The third-order valence-corrected chi connectivity index (χ3v) is 6.68. The second kappa shape index (κ2) is 10.1. The van der Waals surface area contributed by atoms with Crippen molar-refractivity contribution in [3.8, 4) is 0 Å². The molecule has 1 aliphatic rings. The minimum absolute atomic E-state index is 0.0531. The van der Waals surface area contributed by atoms with Crippen molar-refractivity contribution >= 4 is 21.6 Å². The molecule has 2 N–H and O–H groups in total. The summed E-state index contributed by atoms with van der Waals surface area (Å²) in [7, 11) is -3.64. The predicted molar refractivity (Wildman–Crippen MR) is 117 cm³/mol. The Morgan fingerprint density at radius 3 is 2.47 bits per heavy atom. The maximum atomic E-state index is 12.5. The van der Waals surface area contributed by atoms with Gasteiger partial charge in [-0.1, -0.05) is 24.3 Å². The van der Waals surface area contributed by atoms with Crippen LogP contribution in [0.15, 0.2) is 47.4 Å². The largest absolute Gasteiger partial charge is 0.378 e. The number of ether oxygens (including phenoxy) is 1. The monoisotopic (exact) mass is 431 g/mol. The van der Waals surface area contributed by atoms with Crippen LogP contribution >= 0.6 is 0 Å². The topological polar surface area (TPSA) is 87.7 Å². The number of morpholine rings is 1. The Bertz CT molecular complexity index is 968.